The predicted octanol–water partition coefficient (Wildman–Crippen LogP) is 5.07. The van der Waals surface area contributed by atoms with E-state index in [4.69, 9.17) is 0 Å². The number of hydrogen-bond donors (Lipinski definition) is 1. The molecule has 0 atom stereocenters. The minimum absolute atomic E-state index is 0.0704. The highest BCUT2D eigenvalue weighted by Gasteiger charge is 2.26. The number of amides is 2. The highest BCUT2D eigenvalue weighted by atomic mass is 16.2. The van der Waals surface area contributed by atoms with E-state index in [2.05, 4.69) is 17.1 Å². The molecule has 4 rings (SSSR count). The van der Waals surface area contributed by atoms with Crippen molar-refractivity contribution in [2.24, 2.45) is 11.8 Å². The Balaban J connectivity index is 1.48. The van der Waals surface area contributed by atoms with Gasteiger partial charge in [0.15, 0.2) is 0 Å². The normalized spacial score (nSPS) is 20.7. The summed E-state index contributed by atoms with van der Waals surface area (Å²) >= 11 is 0. The van der Waals surface area contributed by atoms with E-state index in [0.29, 0.717) is 12.3 Å². The van der Waals surface area contributed by atoms with Crippen LogP contribution >= 0.6 is 0 Å². The van der Waals surface area contributed by atoms with Crippen LogP contribution in [-0.4, -0.2) is 42.9 Å². The van der Waals surface area contributed by atoms with Gasteiger partial charge in [-0.2, -0.15) is 0 Å². The van der Waals surface area contributed by atoms with E-state index in [-0.39, 0.29) is 11.8 Å². The van der Waals surface area contributed by atoms with Crippen molar-refractivity contribution in [3.63, 3.8) is 0 Å². The quantitative estimate of drug-likeness (QED) is 0.711. The van der Waals surface area contributed by atoms with Gasteiger partial charge in [0, 0.05) is 44.0 Å². The molecule has 30 heavy (non-hydrogen) atoms. The lowest BCUT2D eigenvalue weighted by Crippen LogP contribution is -2.35. The lowest BCUT2D eigenvalue weighted by Gasteiger charge is -2.34. The van der Waals surface area contributed by atoms with Crippen molar-refractivity contribution in [3.8, 4) is 0 Å². The highest BCUT2D eigenvalue weighted by Crippen LogP contribution is 2.31. The Morgan fingerprint density at radius 1 is 0.967 bits per heavy atom. The maximum absolute atomic E-state index is 13.3. The van der Waals surface area contributed by atoms with Crippen LogP contribution in [0.4, 0.5) is 11.4 Å². The fourth-order valence-corrected chi connectivity index (χ4v) is 5.26. The maximum atomic E-state index is 13.3. The summed E-state index contributed by atoms with van der Waals surface area (Å²) in [5, 5.41) is 3.06. The Bertz CT molecular complexity index is 743. The zero-order valence-corrected chi connectivity index (χ0v) is 18.5. The first-order chi connectivity index (χ1) is 14.6. The summed E-state index contributed by atoms with van der Waals surface area (Å²) in [6.07, 6.45) is 11.2. The monoisotopic (exact) mass is 411 g/mol. The van der Waals surface area contributed by atoms with E-state index in [0.717, 1.165) is 81.1 Å². The summed E-state index contributed by atoms with van der Waals surface area (Å²) in [6.45, 7) is 5.97. The summed E-state index contributed by atoms with van der Waals surface area (Å²) < 4.78 is 0. The van der Waals surface area contributed by atoms with Crippen molar-refractivity contribution >= 4 is 23.2 Å². The van der Waals surface area contributed by atoms with Crippen molar-refractivity contribution in [2.45, 2.75) is 71.1 Å². The van der Waals surface area contributed by atoms with Gasteiger partial charge in [0.05, 0.1) is 5.56 Å². The SMILES string of the molecule is CC1CCN(c2ccc(NC(=O)CCC3CCCC3)cc2C(=O)N2CCCC2)CC1. The maximum Gasteiger partial charge on any atom is 0.256 e. The number of nitrogens with zero attached hydrogens (tertiary/aromatic N) is 2. The molecule has 1 aromatic rings. The minimum atomic E-state index is 0.0704. The smallest absolute Gasteiger partial charge is 0.256 e. The van der Waals surface area contributed by atoms with Crippen molar-refractivity contribution in [1.29, 1.82) is 0 Å². The third kappa shape index (κ3) is 5.16. The van der Waals surface area contributed by atoms with E-state index in [1.807, 2.05) is 23.1 Å². The number of likely N-dealkylation sites (tertiary alicyclic amines) is 1. The molecule has 0 bridgehead atoms. The third-order valence-corrected chi connectivity index (χ3v) is 7.28. The fourth-order valence-electron chi connectivity index (χ4n) is 5.26. The molecule has 0 aromatic heterocycles. The molecule has 0 radical (unpaired) electrons. The molecule has 164 valence electrons. The Morgan fingerprint density at radius 2 is 1.67 bits per heavy atom. The number of nitrogens with one attached hydrogen (secondary N) is 1. The van der Waals surface area contributed by atoms with E-state index >= 15 is 0 Å². The Hall–Kier alpha value is -2.04. The number of benzene rings is 1. The summed E-state index contributed by atoms with van der Waals surface area (Å²) in [7, 11) is 0. The van der Waals surface area contributed by atoms with Crippen LogP contribution in [0.2, 0.25) is 0 Å². The molecule has 2 aliphatic heterocycles. The molecular formula is C25H37N3O2. The zero-order valence-electron chi connectivity index (χ0n) is 18.5. The predicted molar refractivity (Wildman–Crippen MR) is 122 cm³/mol. The van der Waals surface area contributed by atoms with Crippen LogP contribution in [-0.2, 0) is 4.79 Å². The van der Waals surface area contributed by atoms with Gasteiger partial charge >= 0.3 is 0 Å². The molecule has 3 aliphatic rings. The average molecular weight is 412 g/mol. The zero-order chi connectivity index (χ0) is 20.9. The number of carbonyl (C=O) groups is 2. The summed E-state index contributed by atoms with van der Waals surface area (Å²) in [4.78, 5) is 30.1. The van der Waals surface area contributed by atoms with Crippen LogP contribution in [0.5, 0.6) is 0 Å². The molecule has 0 unspecified atom stereocenters. The summed E-state index contributed by atoms with van der Waals surface area (Å²) in [6, 6.07) is 5.94. The van der Waals surface area contributed by atoms with Gasteiger partial charge in [0.1, 0.15) is 0 Å². The van der Waals surface area contributed by atoms with E-state index < -0.39 is 0 Å². The average Bonchev–Trinajstić information content (AvgIpc) is 3.47. The molecule has 2 heterocycles. The van der Waals surface area contributed by atoms with Crippen LogP contribution in [0.1, 0.15) is 81.5 Å². The largest absolute Gasteiger partial charge is 0.371 e. The van der Waals surface area contributed by atoms with E-state index in [1.165, 1.54) is 25.7 Å². The van der Waals surface area contributed by atoms with Gasteiger partial charge in [0.2, 0.25) is 5.91 Å². The molecule has 5 nitrogen and oxygen atoms in total. The second kappa shape index (κ2) is 9.84. The standard InChI is InChI=1S/C25H37N3O2/c1-19-12-16-27(17-13-19)23-10-9-21(18-22(23)25(30)28-14-4-5-15-28)26-24(29)11-8-20-6-2-3-7-20/h9-10,18-20H,2-8,11-17H2,1H3,(H,26,29). The molecule has 3 fully saturated rings. The molecule has 1 N–H and O–H groups in total. The summed E-state index contributed by atoms with van der Waals surface area (Å²) in [5.74, 6) is 1.65. The van der Waals surface area contributed by atoms with Crippen molar-refractivity contribution < 1.29 is 9.59 Å². The molecule has 5 heteroatoms. The molecule has 1 aromatic carbocycles. The highest BCUT2D eigenvalue weighted by molar-refractivity contribution is 6.02. The second-order valence-electron chi connectivity index (χ2n) is 9.64. The number of piperidine rings is 1. The molecule has 2 saturated heterocycles. The minimum Gasteiger partial charge on any atom is -0.371 e. The van der Waals surface area contributed by atoms with Gasteiger partial charge in [-0.25, -0.2) is 0 Å². The second-order valence-corrected chi connectivity index (χ2v) is 9.64. The lowest BCUT2D eigenvalue weighted by atomic mass is 9.97. The number of rotatable bonds is 6. The number of hydrogen-bond acceptors (Lipinski definition) is 3. The first-order valence-electron chi connectivity index (χ1n) is 12.1. The number of anilines is 2. The Morgan fingerprint density at radius 3 is 2.37 bits per heavy atom. The van der Waals surface area contributed by atoms with Crippen LogP contribution in [0.25, 0.3) is 0 Å². The van der Waals surface area contributed by atoms with E-state index in [9.17, 15) is 9.59 Å². The Kier molecular flexibility index (Phi) is 6.96. The van der Waals surface area contributed by atoms with Crippen molar-refractivity contribution in [3.05, 3.63) is 23.8 Å². The van der Waals surface area contributed by atoms with Gasteiger partial charge in [-0.15, -0.1) is 0 Å². The topological polar surface area (TPSA) is 52.7 Å². The molecule has 1 aliphatic carbocycles. The van der Waals surface area contributed by atoms with Gasteiger partial charge in [-0.3, -0.25) is 9.59 Å². The van der Waals surface area contributed by atoms with Gasteiger partial charge in [0.25, 0.3) is 5.91 Å². The van der Waals surface area contributed by atoms with Crippen molar-refractivity contribution in [2.75, 3.05) is 36.4 Å². The van der Waals surface area contributed by atoms with Crippen LogP contribution < -0.4 is 10.2 Å². The molecule has 2 amide bonds. The first-order valence-corrected chi connectivity index (χ1v) is 12.1. The summed E-state index contributed by atoms with van der Waals surface area (Å²) in [5.41, 5.74) is 2.53. The van der Waals surface area contributed by atoms with Crippen LogP contribution in [0, 0.1) is 11.8 Å². The van der Waals surface area contributed by atoms with Crippen LogP contribution in [0.3, 0.4) is 0 Å². The lowest BCUT2D eigenvalue weighted by molar-refractivity contribution is -0.116. The third-order valence-electron chi connectivity index (χ3n) is 7.28. The molecule has 1 saturated carbocycles. The Labute approximate surface area is 181 Å². The van der Waals surface area contributed by atoms with Crippen molar-refractivity contribution in [1.82, 2.24) is 4.90 Å². The number of carbonyl (C=O) groups excluding carboxylic acids is 2. The van der Waals surface area contributed by atoms with Gasteiger partial charge in [-0.05, 0) is 62.1 Å². The molecular weight excluding hydrogens is 374 g/mol. The van der Waals surface area contributed by atoms with E-state index in [1.54, 1.807) is 0 Å². The van der Waals surface area contributed by atoms with Gasteiger partial charge < -0.3 is 15.1 Å². The molecule has 0 spiro atoms. The van der Waals surface area contributed by atoms with Gasteiger partial charge in [-0.1, -0.05) is 32.6 Å². The first kappa shape index (κ1) is 21.2. The fraction of sp³-hybridized carbons (Fsp3) is 0.680. The van der Waals surface area contributed by atoms with Crippen LogP contribution in [0.15, 0.2) is 18.2 Å².